The molecule has 3 aromatic rings. The molecule has 1 amide bonds. The molecule has 2 fully saturated rings. The van der Waals surface area contributed by atoms with Crippen LogP contribution in [0.5, 0.6) is 5.75 Å². The first kappa shape index (κ1) is 20.9. The maximum absolute atomic E-state index is 13.1. The topological polar surface area (TPSA) is 83.6 Å². The fraction of sp³-hybridized carbons (Fsp3) is 0.458. The maximum Gasteiger partial charge on any atom is 0.257 e. The Morgan fingerprint density at radius 1 is 1.22 bits per heavy atom. The van der Waals surface area contributed by atoms with Crippen molar-refractivity contribution in [3.63, 3.8) is 0 Å². The number of nitrogens with one attached hydrogen (secondary N) is 1. The van der Waals surface area contributed by atoms with Gasteiger partial charge in [-0.3, -0.25) is 14.8 Å². The van der Waals surface area contributed by atoms with Gasteiger partial charge in [-0.15, -0.1) is 0 Å². The maximum atomic E-state index is 13.1. The van der Waals surface area contributed by atoms with Crippen LogP contribution in [-0.4, -0.2) is 77.4 Å². The molecule has 0 spiro atoms. The van der Waals surface area contributed by atoms with Gasteiger partial charge in [0.05, 0.1) is 43.5 Å². The van der Waals surface area contributed by atoms with Crippen molar-refractivity contribution in [3.05, 3.63) is 53.5 Å². The number of likely N-dealkylation sites (tertiary alicyclic amines) is 1. The van der Waals surface area contributed by atoms with E-state index in [4.69, 9.17) is 14.5 Å². The number of carbonyl (C=O) groups excluding carboxylic acids is 1. The molecular formula is C24H29N5O3. The van der Waals surface area contributed by atoms with Crippen LogP contribution in [0.1, 0.15) is 40.5 Å². The Balaban J connectivity index is 1.31. The number of aromatic amines is 1. The summed E-state index contributed by atoms with van der Waals surface area (Å²) >= 11 is 0. The second-order valence-electron chi connectivity index (χ2n) is 8.51. The standard InChI is InChI=1S/C24H29N5O3/c1-31-21-6-2-4-17-7-8-19(26-23(17)21)16-28-9-3-5-18(15-28)22-20(14-25-27-22)24(30)29-10-12-32-13-11-29/h2,4,6-8,14,18H,3,5,9-13,15-16H2,1H3,(H,25,27)/t18-/m0/s1. The summed E-state index contributed by atoms with van der Waals surface area (Å²) in [4.78, 5) is 22.2. The van der Waals surface area contributed by atoms with Gasteiger partial charge in [0.25, 0.3) is 5.91 Å². The van der Waals surface area contributed by atoms with Crippen molar-refractivity contribution in [2.24, 2.45) is 0 Å². The molecule has 0 saturated carbocycles. The summed E-state index contributed by atoms with van der Waals surface area (Å²) in [6.07, 6.45) is 3.80. The molecule has 2 aromatic heterocycles. The van der Waals surface area contributed by atoms with E-state index in [1.54, 1.807) is 13.3 Å². The van der Waals surface area contributed by atoms with Crippen LogP contribution >= 0.6 is 0 Å². The van der Waals surface area contributed by atoms with E-state index in [2.05, 4.69) is 33.3 Å². The number of nitrogens with zero attached hydrogens (tertiary/aromatic N) is 4. The van der Waals surface area contributed by atoms with E-state index in [0.29, 0.717) is 31.9 Å². The number of pyridine rings is 1. The molecule has 0 radical (unpaired) electrons. The molecule has 2 aliphatic heterocycles. The molecule has 168 valence electrons. The lowest BCUT2D eigenvalue weighted by molar-refractivity contribution is 0.0301. The first-order valence-electron chi connectivity index (χ1n) is 11.3. The lowest BCUT2D eigenvalue weighted by Gasteiger charge is -2.33. The van der Waals surface area contributed by atoms with Crippen LogP contribution in [-0.2, 0) is 11.3 Å². The Kier molecular flexibility index (Phi) is 6.05. The first-order valence-corrected chi connectivity index (χ1v) is 11.3. The number of hydrogen-bond donors (Lipinski definition) is 1. The van der Waals surface area contributed by atoms with Gasteiger partial charge in [0.2, 0.25) is 0 Å². The van der Waals surface area contributed by atoms with Gasteiger partial charge in [0.1, 0.15) is 11.3 Å². The SMILES string of the molecule is COc1cccc2ccc(CN3CCC[C@H](c4[nH]ncc4C(=O)N4CCOCC4)C3)nc12. The van der Waals surface area contributed by atoms with Crippen LogP contribution in [0, 0.1) is 0 Å². The van der Waals surface area contributed by atoms with Gasteiger partial charge in [-0.25, -0.2) is 4.98 Å². The Bertz CT molecular complexity index is 1090. The average molecular weight is 436 g/mol. The number of H-pyrrole nitrogens is 1. The van der Waals surface area contributed by atoms with Crippen LogP contribution in [0.15, 0.2) is 36.5 Å². The number of para-hydroxylation sites is 1. The third kappa shape index (κ3) is 4.20. The van der Waals surface area contributed by atoms with Crippen LogP contribution in [0.2, 0.25) is 0 Å². The van der Waals surface area contributed by atoms with Gasteiger partial charge >= 0.3 is 0 Å². The Hall–Kier alpha value is -2.97. The van der Waals surface area contributed by atoms with Gasteiger partial charge in [-0.2, -0.15) is 5.10 Å². The van der Waals surface area contributed by atoms with E-state index >= 15 is 0 Å². The van der Waals surface area contributed by atoms with Crippen molar-refractivity contribution in [3.8, 4) is 5.75 Å². The number of carbonyl (C=O) groups is 1. The predicted octanol–water partition coefficient (Wildman–Crippen LogP) is 2.82. The fourth-order valence-electron chi connectivity index (χ4n) is 4.79. The van der Waals surface area contributed by atoms with Crippen molar-refractivity contribution >= 4 is 16.8 Å². The van der Waals surface area contributed by atoms with Gasteiger partial charge in [-0.05, 0) is 31.5 Å². The van der Waals surface area contributed by atoms with Crippen molar-refractivity contribution in [2.45, 2.75) is 25.3 Å². The fourth-order valence-corrected chi connectivity index (χ4v) is 4.79. The average Bonchev–Trinajstić information content (AvgIpc) is 3.34. The van der Waals surface area contributed by atoms with Crippen molar-refractivity contribution < 1.29 is 14.3 Å². The molecule has 4 heterocycles. The Morgan fingerprint density at radius 2 is 2.09 bits per heavy atom. The number of piperidine rings is 1. The first-order chi connectivity index (χ1) is 15.7. The summed E-state index contributed by atoms with van der Waals surface area (Å²) in [5.74, 6) is 1.10. The van der Waals surface area contributed by atoms with Gasteiger partial charge < -0.3 is 14.4 Å². The second-order valence-corrected chi connectivity index (χ2v) is 8.51. The minimum atomic E-state index is 0.0532. The van der Waals surface area contributed by atoms with E-state index in [9.17, 15) is 4.79 Å². The molecule has 32 heavy (non-hydrogen) atoms. The number of ether oxygens (including phenoxy) is 2. The number of benzene rings is 1. The van der Waals surface area contributed by atoms with E-state index in [0.717, 1.165) is 60.5 Å². The van der Waals surface area contributed by atoms with E-state index in [1.807, 2.05) is 17.0 Å². The minimum Gasteiger partial charge on any atom is -0.494 e. The second kappa shape index (κ2) is 9.26. The summed E-state index contributed by atoms with van der Waals surface area (Å²) in [6, 6.07) is 10.2. The lowest BCUT2D eigenvalue weighted by Crippen LogP contribution is -2.41. The van der Waals surface area contributed by atoms with E-state index in [1.165, 1.54) is 0 Å². The van der Waals surface area contributed by atoms with Crippen LogP contribution in [0.4, 0.5) is 0 Å². The molecule has 1 atom stereocenters. The number of rotatable bonds is 5. The zero-order valence-electron chi connectivity index (χ0n) is 18.4. The highest BCUT2D eigenvalue weighted by Crippen LogP contribution is 2.30. The van der Waals surface area contributed by atoms with Crippen LogP contribution < -0.4 is 4.74 Å². The largest absolute Gasteiger partial charge is 0.494 e. The number of aromatic nitrogens is 3. The van der Waals surface area contributed by atoms with Crippen LogP contribution in [0.25, 0.3) is 10.9 Å². The van der Waals surface area contributed by atoms with Crippen molar-refractivity contribution in [1.29, 1.82) is 0 Å². The van der Waals surface area contributed by atoms with E-state index < -0.39 is 0 Å². The molecule has 0 unspecified atom stereocenters. The Labute approximate surface area is 187 Å². The third-order valence-corrected chi connectivity index (χ3v) is 6.46. The summed E-state index contributed by atoms with van der Waals surface area (Å²) in [5, 5.41) is 8.44. The molecule has 1 N–H and O–H groups in total. The number of morpholine rings is 1. The van der Waals surface area contributed by atoms with Crippen LogP contribution in [0.3, 0.4) is 0 Å². The molecule has 0 bridgehead atoms. The summed E-state index contributed by atoms with van der Waals surface area (Å²) < 4.78 is 10.9. The zero-order chi connectivity index (χ0) is 21.9. The monoisotopic (exact) mass is 435 g/mol. The molecule has 2 saturated heterocycles. The Morgan fingerprint density at radius 3 is 2.94 bits per heavy atom. The molecule has 2 aliphatic rings. The van der Waals surface area contributed by atoms with E-state index in [-0.39, 0.29) is 11.8 Å². The third-order valence-electron chi connectivity index (χ3n) is 6.46. The van der Waals surface area contributed by atoms with Crippen molar-refractivity contribution in [2.75, 3.05) is 46.5 Å². The highest BCUT2D eigenvalue weighted by atomic mass is 16.5. The predicted molar refractivity (Wildman–Crippen MR) is 121 cm³/mol. The highest BCUT2D eigenvalue weighted by molar-refractivity contribution is 5.95. The van der Waals surface area contributed by atoms with Crippen molar-refractivity contribution in [1.82, 2.24) is 25.0 Å². The number of fused-ring (bicyclic) bond motifs is 1. The number of hydrogen-bond acceptors (Lipinski definition) is 6. The molecule has 8 heteroatoms. The highest BCUT2D eigenvalue weighted by Gasteiger charge is 2.29. The smallest absolute Gasteiger partial charge is 0.257 e. The molecule has 5 rings (SSSR count). The van der Waals surface area contributed by atoms with Gasteiger partial charge in [0, 0.05) is 37.5 Å². The summed E-state index contributed by atoms with van der Waals surface area (Å²) in [6.45, 7) is 5.12. The summed E-state index contributed by atoms with van der Waals surface area (Å²) in [7, 11) is 1.68. The van der Waals surface area contributed by atoms with Gasteiger partial charge in [0.15, 0.2) is 0 Å². The lowest BCUT2D eigenvalue weighted by atomic mass is 9.92. The normalized spacial score (nSPS) is 19.9. The molecular weight excluding hydrogens is 406 g/mol. The molecule has 8 nitrogen and oxygen atoms in total. The number of methoxy groups -OCH3 is 1. The number of amides is 1. The molecule has 1 aromatic carbocycles. The quantitative estimate of drug-likeness (QED) is 0.664. The summed E-state index contributed by atoms with van der Waals surface area (Å²) in [5.41, 5.74) is 3.58. The minimum absolute atomic E-state index is 0.0532. The van der Waals surface area contributed by atoms with Gasteiger partial charge in [-0.1, -0.05) is 18.2 Å². The zero-order valence-corrected chi connectivity index (χ0v) is 18.4. The molecule has 0 aliphatic carbocycles.